The van der Waals surface area contributed by atoms with Crippen LogP contribution >= 0.6 is 0 Å². The number of unbranched alkanes of at least 4 members (excludes halogenated alkanes) is 3. The van der Waals surface area contributed by atoms with Gasteiger partial charge in [-0.3, -0.25) is 4.79 Å². The average Bonchev–Trinajstić information content (AvgIpc) is 2.35. The fourth-order valence-corrected chi connectivity index (χ4v) is 1.85. The van der Waals surface area contributed by atoms with Crippen molar-refractivity contribution in [2.24, 2.45) is 0 Å². The molecule has 0 spiro atoms. The summed E-state index contributed by atoms with van der Waals surface area (Å²) in [5.41, 5.74) is 0. The Balaban J connectivity index is 1.93. The second-order valence-electron chi connectivity index (χ2n) is 4.39. The minimum Gasteiger partial charge on any atom is -0.396 e. The van der Waals surface area contributed by atoms with Crippen molar-refractivity contribution in [2.75, 3.05) is 32.8 Å². The highest BCUT2D eigenvalue weighted by atomic mass is 16.5. The van der Waals surface area contributed by atoms with Gasteiger partial charge in [-0.1, -0.05) is 12.8 Å². The average molecular weight is 244 g/mol. The summed E-state index contributed by atoms with van der Waals surface area (Å²) in [6.07, 6.45) is 4.40. The number of aliphatic hydroxyl groups excluding tert-OH is 1. The maximum Gasteiger partial charge on any atom is 0.222 e. The molecule has 5 heteroatoms. The largest absolute Gasteiger partial charge is 0.396 e. The lowest BCUT2D eigenvalue weighted by atomic mass is 10.2. The number of amides is 1. The molecule has 1 saturated heterocycles. The highest BCUT2D eigenvalue weighted by molar-refractivity contribution is 5.76. The molecule has 0 aromatic rings. The third kappa shape index (κ3) is 7.31. The van der Waals surface area contributed by atoms with Gasteiger partial charge in [0.15, 0.2) is 0 Å². The lowest BCUT2D eigenvalue weighted by Crippen LogP contribution is -2.41. The fraction of sp³-hybridized carbons (Fsp3) is 0.917. The summed E-state index contributed by atoms with van der Waals surface area (Å²) in [6.45, 7) is 3.33. The predicted octanol–water partition coefficient (Wildman–Crippen LogP) is 0.0338. The van der Waals surface area contributed by atoms with Crippen LogP contribution in [0.25, 0.3) is 0 Å². The third-order valence-corrected chi connectivity index (χ3v) is 2.82. The van der Waals surface area contributed by atoms with Gasteiger partial charge in [-0.15, -0.1) is 0 Å². The van der Waals surface area contributed by atoms with Crippen LogP contribution in [0.3, 0.4) is 0 Å². The Kier molecular flexibility index (Phi) is 7.96. The minimum absolute atomic E-state index is 0.0261. The number of hydrogen-bond acceptors (Lipinski definition) is 4. The molecule has 1 aliphatic rings. The van der Waals surface area contributed by atoms with Crippen LogP contribution in [0.4, 0.5) is 0 Å². The number of carbonyl (C=O) groups is 1. The van der Waals surface area contributed by atoms with Gasteiger partial charge < -0.3 is 20.5 Å². The summed E-state index contributed by atoms with van der Waals surface area (Å²) in [4.78, 5) is 11.5. The van der Waals surface area contributed by atoms with E-state index in [9.17, 15) is 4.79 Å². The topological polar surface area (TPSA) is 70.6 Å². The first-order chi connectivity index (χ1) is 8.33. The zero-order valence-electron chi connectivity index (χ0n) is 10.4. The van der Waals surface area contributed by atoms with Gasteiger partial charge in [0.05, 0.1) is 19.1 Å². The molecule has 1 aliphatic heterocycles. The lowest BCUT2D eigenvalue weighted by molar-refractivity contribution is -0.124. The standard InChI is InChI=1S/C12H24N2O3/c15-7-4-2-1-3-5-14-12(16)9-11-10-13-6-8-17-11/h11,13,15H,1-10H2,(H,14,16). The molecule has 0 aliphatic carbocycles. The van der Waals surface area contributed by atoms with Crippen LogP contribution in [0.15, 0.2) is 0 Å². The summed E-state index contributed by atoms with van der Waals surface area (Å²) < 4.78 is 5.46. The van der Waals surface area contributed by atoms with Crippen LogP contribution in [-0.4, -0.2) is 50.0 Å². The van der Waals surface area contributed by atoms with E-state index >= 15 is 0 Å². The van der Waals surface area contributed by atoms with E-state index in [1.165, 1.54) is 0 Å². The van der Waals surface area contributed by atoms with Crippen molar-refractivity contribution in [2.45, 2.75) is 38.2 Å². The quantitative estimate of drug-likeness (QED) is 0.527. The van der Waals surface area contributed by atoms with Crippen molar-refractivity contribution in [3.8, 4) is 0 Å². The van der Waals surface area contributed by atoms with E-state index in [2.05, 4.69) is 10.6 Å². The van der Waals surface area contributed by atoms with E-state index in [-0.39, 0.29) is 18.6 Å². The van der Waals surface area contributed by atoms with Crippen molar-refractivity contribution < 1.29 is 14.6 Å². The van der Waals surface area contributed by atoms with Gasteiger partial charge in [0.25, 0.3) is 0 Å². The van der Waals surface area contributed by atoms with Crippen LogP contribution in [0.5, 0.6) is 0 Å². The molecule has 5 nitrogen and oxygen atoms in total. The van der Waals surface area contributed by atoms with Crippen LogP contribution in [0.2, 0.25) is 0 Å². The molecule has 0 aromatic carbocycles. The van der Waals surface area contributed by atoms with Crippen molar-refractivity contribution in [3.63, 3.8) is 0 Å². The van der Waals surface area contributed by atoms with Gasteiger partial charge >= 0.3 is 0 Å². The summed E-state index contributed by atoms with van der Waals surface area (Å²) in [5.74, 6) is 0.0702. The SMILES string of the molecule is O=C(CC1CNCCO1)NCCCCCCO. The van der Waals surface area contributed by atoms with Gasteiger partial charge in [-0.2, -0.15) is 0 Å². The van der Waals surface area contributed by atoms with Crippen molar-refractivity contribution in [3.05, 3.63) is 0 Å². The molecule has 1 heterocycles. The number of rotatable bonds is 8. The predicted molar refractivity (Wildman–Crippen MR) is 65.8 cm³/mol. The van der Waals surface area contributed by atoms with Gasteiger partial charge in [-0.05, 0) is 12.8 Å². The molecule has 1 rings (SSSR count). The summed E-state index contributed by atoms with van der Waals surface area (Å²) in [5, 5.41) is 14.7. The zero-order valence-corrected chi connectivity index (χ0v) is 10.4. The first-order valence-electron chi connectivity index (χ1n) is 6.53. The number of morpholine rings is 1. The number of carbonyl (C=O) groups excluding carboxylic acids is 1. The number of hydrogen-bond donors (Lipinski definition) is 3. The van der Waals surface area contributed by atoms with Gasteiger partial charge in [-0.25, -0.2) is 0 Å². The Morgan fingerprint density at radius 2 is 2.18 bits per heavy atom. The molecular weight excluding hydrogens is 220 g/mol. The zero-order chi connectivity index (χ0) is 12.3. The van der Waals surface area contributed by atoms with Crippen LogP contribution in [0.1, 0.15) is 32.1 Å². The summed E-state index contributed by atoms with van der Waals surface area (Å²) in [6, 6.07) is 0. The van der Waals surface area contributed by atoms with Gasteiger partial charge in [0.1, 0.15) is 0 Å². The highest BCUT2D eigenvalue weighted by Gasteiger charge is 2.16. The highest BCUT2D eigenvalue weighted by Crippen LogP contribution is 2.02. The molecule has 3 N–H and O–H groups in total. The van der Waals surface area contributed by atoms with Gasteiger partial charge in [0.2, 0.25) is 5.91 Å². The van der Waals surface area contributed by atoms with E-state index in [4.69, 9.17) is 9.84 Å². The summed E-state index contributed by atoms with van der Waals surface area (Å²) >= 11 is 0. The van der Waals surface area contributed by atoms with E-state index in [1.54, 1.807) is 0 Å². The molecule has 1 amide bonds. The van der Waals surface area contributed by atoms with E-state index < -0.39 is 0 Å². The molecule has 0 aromatic heterocycles. The van der Waals surface area contributed by atoms with Gasteiger partial charge in [0, 0.05) is 26.2 Å². The van der Waals surface area contributed by atoms with Crippen molar-refractivity contribution >= 4 is 5.91 Å². The maximum atomic E-state index is 11.5. The minimum atomic E-state index is 0.0261. The third-order valence-electron chi connectivity index (χ3n) is 2.82. The molecule has 1 atom stereocenters. The van der Waals surface area contributed by atoms with E-state index in [1.807, 2.05) is 0 Å². The number of nitrogens with one attached hydrogen (secondary N) is 2. The fourth-order valence-electron chi connectivity index (χ4n) is 1.85. The normalized spacial score (nSPS) is 20.2. The maximum absolute atomic E-state index is 11.5. The molecule has 100 valence electrons. The number of aliphatic hydroxyl groups is 1. The Morgan fingerprint density at radius 3 is 2.88 bits per heavy atom. The Labute approximate surface area is 103 Å². The molecule has 0 bridgehead atoms. The Bertz CT molecular complexity index is 206. The van der Waals surface area contributed by atoms with Crippen LogP contribution < -0.4 is 10.6 Å². The first-order valence-corrected chi connectivity index (χ1v) is 6.53. The molecule has 1 unspecified atom stereocenters. The smallest absolute Gasteiger partial charge is 0.222 e. The molecule has 1 fully saturated rings. The second-order valence-corrected chi connectivity index (χ2v) is 4.39. The molecular formula is C12H24N2O3. The van der Waals surface area contributed by atoms with Crippen molar-refractivity contribution in [1.82, 2.24) is 10.6 Å². The lowest BCUT2D eigenvalue weighted by Gasteiger charge is -2.23. The first kappa shape index (κ1) is 14.4. The van der Waals surface area contributed by atoms with E-state index in [0.717, 1.165) is 45.3 Å². The summed E-state index contributed by atoms with van der Waals surface area (Å²) in [7, 11) is 0. The monoisotopic (exact) mass is 244 g/mol. The Hall–Kier alpha value is -0.650. The van der Waals surface area contributed by atoms with E-state index in [0.29, 0.717) is 13.0 Å². The van der Waals surface area contributed by atoms with Crippen molar-refractivity contribution in [1.29, 1.82) is 0 Å². The number of ether oxygens (including phenoxy) is 1. The van der Waals surface area contributed by atoms with Crippen LogP contribution in [0, 0.1) is 0 Å². The molecule has 0 radical (unpaired) electrons. The second kappa shape index (κ2) is 9.39. The molecule has 0 saturated carbocycles. The molecule has 17 heavy (non-hydrogen) atoms. The van der Waals surface area contributed by atoms with Crippen LogP contribution in [-0.2, 0) is 9.53 Å². The Morgan fingerprint density at radius 1 is 1.35 bits per heavy atom.